The Labute approximate surface area is 119 Å². The molecule has 0 saturated carbocycles. The minimum atomic E-state index is -0.103. The van der Waals surface area contributed by atoms with Gasteiger partial charge in [0.05, 0.1) is 0 Å². The molecule has 0 aliphatic heterocycles. The summed E-state index contributed by atoms with van der Waals surface area (Å²) < 4.78 is 0. The van der Waals surface area contributed by atoms with Gasteiger partial charge in [0.25, 0.3) is 5.91 Å². The van der Waals surface area contributed by atoms with Gasteiger partial charge in [0.2, 0.25) is 0 Å². The molecular weight excluding hydrogens is 258 g/mol. The quantitative estimate of drug-likeness (QED) is 0.719. The third kappa shape index (κ3) is 5.96. The summed E-state index contributed by atoms with van der Waals surface area (Å²) >= 11 is 1.89. The van der Waals surface area contributed by atoms with Gasteiger partial charge in [0.1, 0.15) is 5.69 Å². The van der Waals surface area contributed by atoms with Gasteiger partial charge in [-0.05, 0) is 43.9 Å². The number of aromatic nitrogens is 1. The molecule has 1 atom stereocenters. The van der Waals surface area contributed by atoms with Gasteiger partial charge in [-0.1, -0.05) is 6.92 Å². The van der Waals surface area contributed by atoms with Crippen molar-refractivity contribution in [1.82, 2.24) is 10.3 Å². The van der Waals surface area contributed by atoms with Crippen molar-refractivity contribution in [2.24, 2.45) is 0 Å². The zero-order valence-electron chi connectivity index (χ0n) is 11.9. The fraction of sp³-hybridized carbons (Fsp3) is 0.571. The lowest BCUT2D eigenvalue weighted by molar-refractivity contribution is 0.0934. The highest BCUT2D eigenvalue weighted by atomic mass is 32.2. The third-order valence-electron chi connectivity index (χ3n) is 2.65. The second-order valence-corrected chi connectivity index (χ2v) is 5.71. The number of hydrogen-bond donors (Lipinski definition) is 2. The standard InChI is InChI=1S/C14H23N3OS/c1-4-15-12-6-8-16-13(10-12)14(18)17-11(3)7-9-19-5-2/h6,8,10-11H,4-5,7,9H2,1-3H3,(H,15,16)(H,17,18). The molecule has 1 amide bonds. The van der Waals surface area contributed by atoms with Crippen LogP contribution < -0.4 is 10.6 Å². The van der Waals surface area contributed by atoms with Crippen LogP contribution in [0.4, 0.5) is 5.69 Å². The van der Waals surface area contributed by atoms with Crippen LogP contribution in [0.25, 0.3) is 0 Å². The molecule has 0 aromatic carbocycles. The van der Waals surface area contributed by atoms with Gasteiger partial charge < -0.3 is 10.6 Å². The first-order valence-electron chi connectivity index (χ1n) is 6.75. The van der Waals surface area contributed by atoms with E-state index in [1.54, 1.807) is 12.3 Å². The molecule has 1 rings (SSSR count). The van der Waals surface area contributed by atoms with Crippen LogP contribution in [0, 0.1) is 0 Å². The molecule has 0 aliphatic carbocycles. The number of carbonyl (C=O) groups excluding carboxylic acids is 1. The molecule has 0 spiro atoms. The number of hydrogen-bond acceptors (Lipinski definition) is 4. The number of anilines is 1. The first-order valence-corrected chi connectivity index (χ1v) is 7.91. The molecule has 1 aromatic heterocycles. The van der Waals surface area contributed by atoms with E-state index in [1.165, 1.54) is 0 Å². The lowest BCUT2D eigenvalue weighted by atomic mass is 10.2. The number of pyridine rings is 1. The molecular formula is C14H23N3OS. The van der Waals surface area contributed by atoms with E-state index in [9.17, 15) is 4.79 Å². The van der Waals surface area contributed by atoms with Crippen molar-refractivity contribution in [3.05, 3.63) is 24.0 Å². The van der Waals surface area contributed by atoms with Crippen molar-refractivity contribution >= 4 is 23.4 Å². The number of carbonyl (C=O) groups is 1. The van der Waals surface area contributed by atoms with Gasteiger partial charge in [-0.15, -0.1) is 0 Å². The van der Waals surface area contributed by atoms with Gasteiger partial charge in [-0.2, -0.15) is 11.8 Å². The fourth-order valence-corrected chi connectivity index (χ4v) is 2.45. The van der Waals surface area contributed by atoms with E-state index in [-0.39, 0.29) is 11.9 Å². The summed E-state index contributed by atoms with van der Waals surface area (Å²) in [6.07, 6.45) is 2.64. The van der Waals surface area contributed by atoms with Gasteiger partial charge in [-0.25, -0.2) is 0 Å². The van der Waals surface area contributed by atoms with Crippen molar-refractivity contribution in [3.8, 4) is 0 Å². The number of thioether (sulfide) groups is 1. The molecule has 0 aliphatic rings. The average Bonchev–Trinajstić information content (AvgIpc) is 2.39. The molecule has 0 bridgehead atoms. The first kappa shape index (κ1) is 15.8. The number of amides is 1. The van der Waals surface area contributed by atoms with Crippen LogP contribution in [0.5, 0.6) is 0 Å². The zero-order chi connectivity index (χ0) is 14.1. The van der Waals surface area contributed by atoms with Crippen LogP contribution in [0.2, 0.25) is 0 Å². The van der Waals surface area contributed by atoms with E-state index in [0.717, 1.165) is 30.2 Å². The van der Waals surface area contributed by atoms with Crippen molar-refractivity contribution in [3.63, 3.8) is 0 Å². The van der Waals surface area contributed by atoms with Crippen molar-refractivity contribution < 1.29 is 4.79 Å². The summed E-state index contributed by atoms with van der Waals surface area (Å²) in [7, 11) is 0. The highest BCUT2D eigenvalue weighted by molar-refractivity contribution is 7.99. The second-order valence-electron chi connectivity index (χ2n) is 4.32. The molecule has 106 valence electrons. The molecule has 19 heavy (non-hydrogen) atoms. The third-order valence-corrected chi connectivity index (χ3v) is 3.58. The van der Waals surface area contributed by atoms with Crippen LogP contribution in [0.3, 0.4) is 0 Å². The largest absolute Gasteiger partial charge is 0.385 e. The van der Waals surface area contributed by atoms with E-state index in [1.807, 2.05) is 31.7 Å². The Balaban J connectivity index is 2.50. The van der Waals surface area contributed by atoms with Gasteiger partial charge in [0, 0.05) is 24.5 Å². The van der Waals surface area contributed by atoms with Gasteiger partial charge in [0.15, 0.2) is 0 Å². The number of nitrogens with zero attached hydrogens (tertiary/aromatic N) is 1. The molecule has 1 heterocycles. The SMILES string of the molecule is CCNc1ccnc(C(=O)NC(C)CCSCC)c1. The Morgan fingerprint density at radius 2 is 2.26 bits per heavy atom. The molecule has 0 saturated heterocycles. The first-order chi connectivity index (χ1) is 9.17. The molecule has 1 unspecified atom stereocenters. The number of rotatable bonds is 8. The Morgan fingerprint density at radius 3 is 2.95 bits per heavy atom. The van der Waals surface area contributed by atoms with Crippen molar-refractivity contribution in [2.75, 3.05) is 23.4 Å². The lowest BCUT2D eigenvalue weighted by Crippen LogP contribution is -2.33. The Bertz CT molecular complexity index is 398. The molecule has 2 N–H and O–H groups in total. The average molecular weight is 281 g/mol. The number of nitrogens with one attached hydrogen (secondary N) is 2. The van der Waals surface area contributed by atoms with Crippen LogP contribution in [-0.2, 0) is 0 Å². The van der Waals surface area contributed by atoms with E-state index in [0.29, 0.717) is 5.69 Å². The van der Waals surface area contributed by atoms with Gasteiger partial charge >= 0.3 is 0 Å². The van der Waals surface area contributed by atoms with Crippen LogP contribution in [0.1, 0.15) is 37.7 Å². The molecule has 5 heteroatoms. The molecule has 4 nitrogen and oxygen atoms in total. The molecule has 1 aromatic rings. The van der Waals surface area contributed by atoms with E-state index in [2.05, 4.69) is 22.5 Å². The summed E-state index contributed by atoms with van der Waals surface area (Å²) in [5.41, 5.74) is 1.39. The lowest BCUT2D eigenvalue weighted by Gasteiger charge is -2.13. The van der Waals surface area contributed by atoms with Crippen LogP contribution in [0.15, 0.2) is 18.3 Å². The normalized spacial score (nSPS) is 11.9. The highest BCUT2D eigenvalue weighted by Gasteiger charge is 2.11. The van der Waals surface area contributed by atoms with Gasteiger partial charge in [-0.3, -0.25) is 9.78 Å². The highest BCUT2D eigenvalue weighted by Crippen LogP contribution is 2.08. The maximum Gasteiger partial charge on any atom is 0.270 e. The fourth-order valence-electron chi connectivity index (χ4n) is 1.64. The van der Waals surface area contributed by atoms with Crippen molar-refractivity contribution in [1.29, 1.82) is 0 Å². The monoisotopic (exact) mass is 281 g/mol. The van der Waals surface area contributed by atoms with Crippen LogP contribution in [-0.4, -0.2) is 35.0 Å². The predicted molar refractivity (Wildman–Crippen MR) is 82.9 cm³/mol. The van der Waals surface area contributed by atoms with Crippen molar-refractivity contribution in [2.45, 2.75) is 33.2 Å². The van der Waals surface area contributed by atoms with E-state index in [4.69, 9.17) is 0 Å². The summed E-state index contributed by atoms with van der Waals surface area (Å²) in [6, 6.07) is 3.82. The minimum Gasteiger partial charge on any atom is -0.385 e. The molecule has 0 radical (unpaired) electrons. The Morgan fingerprint density at radius 1 is 1.47 bits per heavy atom. The maximum absolute atomic E-state index is 12.0. The summed E-state index contributed by atoms with van der Waals surface area (Å²) in [5.74, 6) is 2.09. The van der Waals surface area contributed by atoms with E-state index < -0.39 is 0 Å². The summed E-state index contributed by atoms with van der Waals surface area (Å²) in [6.45, 7) is 7.02. The predicted octanol–water partition coefficient (Wildman–Crippen LogP) is 2.77. The summed E-state index contributed by atoms with van der Waals surface area (Å²) in [5, 5.41) is 6.16. The van der Waals surface area contributed by atoms with Crippen LogP contribution >= 0.6 is 11.8 Å². The van der Waals surface area contributed by atoms with E-state index >= 15 is 0 Å². The Hall–Kier alpha value is -1.23. The topological polar surface area (TPSA) is 54.0 Å². The summed E-state index contributed by atoms with van der Waals surface area (Å²) in [4.78, 5) is 16.1. The molecule has 0 fully saturated rings. The zero-order valence-corrected chi connectivity index (χ0v) is 12.7. The maximum atomic E-state index is 12.0. The smallest absolute Gasteiger partial charge is 0.270 e. The second kappa shape index (κ2) is 8.80. The minimum absolute atomic E-state index is 0.103. The Kier molecular flexibility index (Phi) is 7.33.